The third kappa shape index (κ3) is 4.88. The molecule has 1 rings (SSSR count). The van der Waals surface area contributed by atoms with Crippen LogP contribution in [0.3, 0.4) is 0 Å². The van der Waals surface area contributed by atoms with E-state index in [1.807, 2.05) is 19.2 Å². The fourth-order valence-corrected chi connectivity index (χ4v) is 1.79. The van der Waals surface area contributed by atoms with Crippen molar-refractivity contribution in [3.05, 3.63) is 35.4 Å². The Labute approximate surface area is 110 Å². The van der Waals surface area contributed by atoms with Gasteiger partial charge in [0.1, 0.15) is 0 Å². The van der Waals surface area contributed by atoms with E-state index in [2.05, 4.69) is 38.2 Å². The zero-order valence-corrected chi connectivity index (χ0v) is 11.9. The molecule has 0 unspecified atom stereocenters. The second-order valence-corrected chi connectivity index (χ2v) is 5.04. The summed E-state index contributed by atoms with van der Waals surface area (Å²) in [5.74, 6) is 0.186. The summed E-state index contributed by atoms with van der Waals surface area (Å²) in [6.07, 6.45) is 0.556. The Bertz CT molecular complexity index is 388. The normalized spacial score (nSPS) is 10.7. The van der Waals surface area contributed by atoms with Gasteiger partial charge < -0.3 is 10.2 Å². The molecule has 1 aromatic rings. The Morgan fingerprint density at radius 1 is 1.33 bits per heavy atom. The third-order valence-corrected chi connectivity index (χ3v) is 2.99. The Morgan fingerprint density at radius 3 is 2.61 bits per heavy atom. The fourth-order valence-electron chi connectivity index (χ4n) is 1.79. The molecule has 0 aliphatic heterocycles. The number of benzene rings is 1. The van der Waals surface area contributed by atoms with Crippen molar-refractivity contribution in [2.45, 2.75) is 39.8 Å². The quantitative estimate of drug-likeness (QED) is 0.838. The van der Waals surface area contributed by atoms with Crippen LogP contribution >= 0.6 is 0 Å². The van der Waals surface area contributed by atoms with E-state index >= 15 is 0 Å². The molecular formula is C15H24N2O. The van der Waals surface area contributed by atoms with Crippen LogP contribution in [0.15, 0.2) is 24.3 Å². The van der Waals surface area contributed by atoms with Crippen LogP contribution < -0.4 is 5.32 Å². The average Bonchev–Trinajstić information content (AvgIpc) is 2.31. The van der Waals surface area contributed by atoms with Gasteiger partial charge in [-0.3, -0.25) is 4.79 Å². The predicted octanol–water partition coefficient (Wildman–Crippen LogP) is 2.34. The van der Waals surface area contributed by atoms with Crippen LogP contribution in [-0.2, 0) is 11.3 Å². The summed E-state index contributed by atoms with van der Waals surface area (Å²) in [6.45, 7) is 7.68. The lowest BCUT2D eigenvalue weighted by Gasteiger charge is -2.19. The van der Waals surface area contributed by atoms with Crippen molar-refractivity contribution in [1.29, 1.82) is 0 Å². The summed E-state index contributed by atoms with van der Waals surface area (Å²) in [6, 6.07) is 8.62. The molecule has 1 N–H and O–H groups in total. The van der Waals surface area contributed by atoms with E-state index in [1.54, 1.807) is 4.90 Å². The van der Waals surface area contributed by atoms with E-state index in [-0.39, 0.29) is 5.91 Å². The zero-order valence-electron chi connectivity index (χ0n) is 11.9. The summed E-state index contributed by atoms with van der Waals surface area (Å²) in [4.78, 5) is 13.7. The van der Waals surface area contributed by atoms with Gasteiger partial charge in [0.05, 0.1) is 0 Å². The van der Waals surface area contributed by atoms with Gasteiger partial charge in [0.25, 0.3) is 0 Å². The highest BCUT2D eigenvalue weighted by Gasteiger charge is 2.09. The zero-order chi connectivity index (χ0) is 13.5. The van der Waals surface area contributed by atoms with E-state index in [0.29, 0.717) is 19.0 Å². The standard InChI is InChI=1S/C15H24N2O/c1-12(2)16-10-9-15(18)17(4)11-14-8-6-5-7-13(14)3/h5-8,12,16H,9-11H2,1-4H3. The fraction of sp³-hybridized carbons (Fsp3) is 0.533. The maximum absolute atomic E-state index is 11.9. The molecule has 1 aromatic carbocycles. The highest BCUT2D eigenvalue weighted by molar-refractivity contribution is 5.76. The van der Waals surface area contributed by atoms with Gasteiger partial charge in [0.15, 0.2) is 0 Å². The van der Waals surface area contributed by atoms with Crippen molar-refractivity contribution < 1.29 is 4.79 Å². The van der Waals surface area contributed by atoms with Crippen LogP contribution in [-0.4, -0.2) is 30.4 Å². The van der Waals surface area contributed by atoms with Gasteiger partial charge in [-0.25, -0.2) is 0 Å². The Balaban J connectivity index is 2.43. The van der Waals surface area contributed by atoms with Crippen molar-refractivity contribution in [2.75, 3.05) is 13.6 Å². The first-order valence-electron chi connectivity index (χ1n) is 6.52. The first-order valence-corrected chi connectivity index (χ1v) is 6.52. The van der Waals surface area contributed by atoms with Gasteiger partial charge in [0.2, 0.25) is 5.91 Å². The number of nitrogens with one attached hydrogen (secondary N) is 1. The molecule has 3 nitrogen and oxygen atoms in total. The second kappa shape index (κ2) is 7.17. The molecule has 0 radical (unpaired) electrons. The van der Waals surface area contributed by atoms with E-state index in [1.165, 1.54) is 11.1 Å². The molecule has 0 fully saturated rings. The molecule has 0 aromatic heterocycles. The topological polar surface area (TPSA) is 32.3 Å². The Morgan fingerprint density at radius 2 is 2.00 bits per heavy atom. The summed E-state index contributed by atoms with van der Waals surface area (Å²) in [5.41, 5.74) is 2.45. The van der Waals surface area contributed by atoms with Crippen molar-refractivity contribution in [2.24, 2.45) is 0 Å². The summed E-state index contributed by atoms with van der Waals surface area (Å²) < 4.78 is 0. The molecule has 1 amide bonds. The highest BCUT2D eigenvalue weighted by atomic mass is 16.2. The van der Waals surface area contributed by atoms with E-state index in [0.717, 1.165) is 6.54 Å². The molecule has 0 saturated heterocycles. The largest absolute Gasteiger partial charge is 0.341 e. The molecule has 0 bridgehead atoms. The van der Waals surface area contributed by atoms with Crippen LogP contribution in [0.25, 0.3) is 0 Å². The van der Waals surface area contributed by atoms with Crippen molar-refractivity contribution in [1.82, 2.24) is 10.2 Å². The minimum Gasteiger partial charge on any atom is -0.341 e. The lowest BCUT2D eigenvalue weighted by Crippen LogP contribution is -2.31. The minimum absolute atomic E-state index is 0.186. The number of rotatable bonds is 6. The SMILES string of the molecule is Cc1ccccc1CN(C)C(=O)CCNC(C)C. The van der Waals surface area contributed by atoms with Crippen LogP contribution in [0, 0.1) is 6.92 Å². The summed E-state index contributed by atoms with van der Waals surface area (Å²) in [7, 11) is 1.87. The molecule has 3 heteroatoms. The van der Waals surface area contributed by atoms with Gasteiger partial charge in [-0.15, -0.1) is 0 Å². The smallest absolute Gasteiger partial charge is 0.223 e. The molecule has 0 aliphatic carbocycles. The molecule has 18 heavy (non-hydrogen) atoms. The van der Waals surface area contributed by atoms with Crippen LogP contribution in [0.2, 0.25) is 0 Å². The highest BCUT2D eigenvalue weighted by Crippen LogP contribution is 2.09. The van der Waals surface area contributed by atoms with Gasteiger partial charge in [0, 0.05) is 32.6 Å². The number of hydrogen-bond acceptors (Lipinski definition) is 2. The van der Waals surface area contributed by atoms with Crippen molar-refractivity contribution >= 4 is 5.91 Å². The first-order chi connectivity index (χ1) is 8.50. The molecule has 0 atom stereocenters. The lowest BCUT2D eigenvalue weighted by molar-refractivity contribution is -0.130. The van der Waals surface area contributed by atoms with Gasteiger partial charge in [-0.05, 0) is 18.1 Å². The number of aryl methyl sites for hydroxylation is 1. The average molecular weight is 248 g/mol. The lowest BCUT2D eigenvalue weighted by atomic mass is 10.1. The molecule has 100 valence electrons. The third-order valence-electron chi connectivity index (χ3n) is 2.99. The van der Waals surface area contributed by atoms with Crippen LogP contribution in [0.4, 0.5) is 0 Å². The van der Waals surface area contributed by atoms with Crippen molar-refractivity contribution in [3.8, 4) is 0 Å². The number of carbonyl (C=O) groups excluding carboxylic acids is 1. The van der Waals surface area contributed by atoms with Gasteiger partial charge >= 0.3 is 0 Å². The summed E-state index contributed by atoms with van der Waals surface area (Å²) in [5, 5.41) is 3.26. The van der Waals surface area contributed by atoms with Gasteiger partial charge in [-0.2, -0.15) is 0 Å². The Hall–Kier alpha value is -1.35. The van der Waals surface area contributed by atoms with Crippen LogP contribution in [0.1, 0.15) is 31.4 Å². The van der Waals surface area contributed by atoms with E-state index < -0.39 is 0 Å². The second-order valence-electron chi connectivity index (χ2n) is 5.04. The predicted molar refractivity (Wildman–Crippen MR) is 75.4 cm³/mol. The molecular weight excluding hydrogens is 224 g/mol. The summed E-state index contributed by atoms with van der Waals surface area (Å²) >= 11 is 0. The van der Waals surface area contributed by atoms with E-state index in [9.17, 15) is 4.79 Å². The minimum atomic E-state index is 0.186. The molecule has 0 aliphatic rings. The number of nitrogens with zero attached hydrogens (tertiary/aromatic N) is 1. The molecule has 0 heterocycles. The number of carbonyl (C=O) groups is 1. The van der Waals surface area contributed by atoms with Crippen LogP contribution in [0.5, 0.6) is 0 Å². The Kier molecular flexibility index (Phi) is 5.86. The molecule has 0 saturated carbocycles. The number of amides is 1. The van der Waals surface area contributed by atoms with Crippen molar-refractivity contribution in [3.63, 3.8) is 0 Å². The van der Waals surface area contributed by atoms with E-state index in [4.69, 9.17) is 0 Å². The monoisotopic (exact) mass is 248 g/mol. The van der Waals surface area contributed by atoms with Gasteiger partial charge in [-0.1, -0.05) is 38.1 Å². The number of hydrogen-bond donors (Lipinski definition) is 1. The maximum atomic E-state index is 11.9. The molecule has 0 spiro atoms. The maximum Gasteiger partial charge on any atom is 0.223 e. The first kappa shape index (κ1) is 14.7.